The molecule has 0 saturated heterocycles. The van der Waals surface area contributed by atoms with Crippen LogP contribution in [0.5, 0.6) is 0 Å². The molecule has 0 bridgehead atoms. The summed E-state index contributed by atoms with van der Waals surface area (Å²) in [5.74, 6) is -0.301. The van der Waals surface area contributed by atoms with Crippen molar-refractivity contribution in [3.8, 4) is 0 Å². The summed E-state index contributed by atoms with van der Waals surface area (Å²) in [6.07, 6.45) is 2.02. The number of carbonyl (C=O) groups excluding carboxylic acids is 1. The Hall–Kier alpha value is -2.52. The first-order valence-electron chi connectivity index (χ1n) is 7.77. The number of hydrazine groups is 1. The summed E-state index contributed by atoms with van der Waals surface area (Å²) in [6, 6.07) is 7.03. The highest BCUT2D eigenvalue weighted by Crippen LogP contribution is 2.07. The highest BCUT2D eigenvalue weighted by molar-refractivity contribution is 7.80. The predicted molar refractivity (Wildman–Crippen MR) is 99.0 cm³/mol. The molecule has 0 spiro atoms. The molecule has 1 amide bonds. The Morgan fingerprint density at radius 1 is 1.40 bits per heavy atom. The van der Waals surface area contributed by atoms with Gasteiger partial charge in [0, 0.05) is 32.7 Å². The van der Waals surface area contributed by atoms with Gasteiger partial charge in [0.1, 0.15) is 6.54 Å². The Balaban J connectivity index is 1.95. The molecule has 0 unspecified atom stereocenters. The molecule has 0 saturated carbocycles. The maximum Gasteiger partial charge on any atom is 0.260 e. The molecule has 2 aromatic rings. The van der Waals surface area contributed by atoms with E-state index in [1.54, 1.807) is 38.4 Å². The lowest BCUT2D eigenvalue weighted by Crippen LogP contribution is -2.49. The van der Waals surface area contributed by atoms with Crippen molar-refractivity contribution in [1.29, 1.82) is 0 Å². The van der Waals surface area contributed by atoms with E-state index in [9.17, 15) is 9.59 Å². The van der Waals surface area contributed by atoms with Crippen LogP contribution in [0.1, 0.15) is 6.42 Å². The van der Waals surface area contributed by atoms with E-state index < -0.39 is 0 Å². The lowest BCUT2D eigenvalue weighted by molar-refractivity contribution is -0.124. The third-order valence-corrected chi connectivity index (χ3v) is 3.87. The standard InChI is InChI=1S/C16H21N5O3S/c1-20(16(25)17-8-5-9-24-2)19-15(23)11-21-13-7-4-3-6-12(13)14(22)10-18-21/h3-4,6-7,10H,5,8-9,11H2,1-2H3,(H,17,25)(H,19,23). The Kier molecular flexibility index (Phi) is 6.84. The first kappa shape index (κ1) is 18.8. The number of nitrogens with one attached hydrogen (secondary N) is 2. The van der Waals surface area contributed by atoms with Gasteiger partial charge >= 0.3 is 0 Å². The molecule has 0 aliphatic carbocycles. The summed E-state index contributed by atoms with van der Waals surface area (Å²) in [5, 5.41) is 9.42. The number of amides is 1. The fourth-order valence-corrected chi connectivity index (χ4v) is 2.37. The van der Waals surface area contributed by atoms with E-state index >= 15 is 0 Å². The van der Waals surface area contributed by atoms with Gasteiger partial charge in [0.15, 0.2) is 5.11 Å². The number of rotatable bonds is 6. The fourth-order valence-electron chi connectivity index (χ4n) is 2.23. The number of benzene rings is 1. The van der Waals surface area contributed by atoms with Crippen molar-refractivity contribution in [2.24, 2.45) is 0 Å². The number of methoxy groups -OCH3 is 1. The average Bonchev–Trinajstić information content (AvgIpc) is 2.61. The van der Waals surface area contributed by atoms with Crippen LogP contribution in [0.4, 0.5) is 0 Å². The summed E-state index contributed by atoms with van der Waals surface area (Å²) in [5.41, 5.74) is 3.10. The molecule has 1 aromatic carbocycles. The van der Waals surface area contributed by atoms with Crippen LogP contribution in [0.3, 0.4) is 0 Å². The Labute approximate surface area is 150 Å². The number of carbonyl (C=O) groups is 1. The van der Waals surface area contributed by atoms with Crippen LogP contribution < -0.4 is 16.2 Å². The Morgan fingerprint density at radius 2 is 2.16 bits per heavy atom. The molecule has 0 fully saturated rings. The zero-order chi connectivity index (χ0) is 18.2. The SMILES string of the molecule is COCCCNC(=S)N(C)NC(=O)Cn1ncc(=O)c2ccccc21. The minimum atomic E-state index is -0.301. The van der Waals surface area contributed by atoms with Crippen molar-refractivity contribution in [2.75, 3.05) is 27.3 Å². The van der Waals surface area contributed by atoms with Crippen LogP contribution >= 0.6 is 12.2 Å². The van der Waals surface area contributed by atoms with Crippen LogP contribution in [-0.4, -0.2) is 53.1 Å². The highest BCUT2D eigenvalue weighted by Gasteiger charge is 2.11. The highest BCUT2D eigenvalue weighted by atomic mass is 32.1. The fraction of sp³-hybridized carbons (Fsp3) is 0.375. The van der Waals surface area contributed by atoms with Gasteiger partial charge in [-0.1, -0.05) is 12.1 Å². The molecule has 1 aromatic heterocycles. The van der Waals surface area contributed by atoms with Crippen LogP contribution in [0, 0.1) is 0 Å². The van der Waals surface area contributed by atoms with Crippen LogP contribution in [-0.2, 0) is 16.1 Å². The third kappa shape index (κ3) is 5.23. The van der Waals surface area contributed by atoms with Crippen LogP contribution in [0.2, 0.25) is 0 Å². The van der Waals surface area contributed by atoms with Crippen LogP contribution in [0.15, 0.2) is 35.3 Å². The molecule has 0 aliphatic heterocycles. The zero-order valence-electron chi connectivity index (χ0n) is 14.2. The monoisotopic (exact) mass is 363 g/mol. The number of para-hydroxylation sites is 1. The van der Waals surface area contributed by atoms with Crippen molar-refractivity contribution >= 4 is 34.1 Å². The zero-order valence-corrected chi connectivity index (χ0v) is 15.0. The lowest BCUT2D eigenvalue weighted by atomic mass is 10.2. The van der Waals surface area contributed by atoms with E-state index in [2.05, 4.69) is 15.8 Å². The summed E-state index contributed by atoms with van der Waals surface area (Å²) < 4.78 is 6.44. The number of ether oxygens (including phenoxy) is 1. The van der Waals surface area contributed by atoms with Crippen molar-refractivity contribution in [2.45, 2.75) is 13.0 Å². The maximum absolute atomic E-state index is 12.2. The quantitative estimate of drug-likeness (QED) is 0.433. The van der Waals surface area contributed by atoms with E-state index in [1.807, 2.05) is 0 Å². The number of hydrogen-bond acceptors (Lipinski definition) is 5. The minimum Gasteiger partial charge on any atom is -0.385 e. The van der Waals surface area contributed by atoms with Crippen LogP contribution in [0.25, 0.3) is 10.9 Å². The molecule has 134 valence electrons. The Bertz CT molecular complexity index is 808. The van der Waals surface area contributed by atoms with Crippen molar-refractivity contribution in [3.63, 3.8) is 0 Å². The molecular weight excluding hydrogens is 342 g/mol. The first-order valence-corrected chi connectivity index (χ1v) is 8.18. The third-order valence-electron chi connectivity index (χ3n) is 3.45. The molecule has 9 heteroatoms. The number of hydrogen-bond donors (Lipinski definition) is 2. The molecule has 0 aliphatic rings. The number of aromatic nitrogens is 2. The summed E-state index contributed by atoms with van der Waals surface area (Å²) >= 11 is 5.20. The van der Waals surface area contributed by atoms with E-state index in [0.29, 0.717) is 29.2 Å². The number of fused-ring (bicyclic) bond motifs is 1. The smallest absolute Gasteiger partial charge is 0.260 e. The molecule has 0 atom stereocenters. The van der Waals surface area contributed by atoms with Crippen molar-refractivity contribution in [3.05, 3.63) is 40.7 Å². The van der Waals surface area contributed by atoms with E-state index in [-0.39, 0.29) is 17.9 Å². The minimum absolute atomic E-state index is 0.0303. The second-order valence-corrected chi connectivity index (χ2v) is 5.74. The largest absolute Gasteiger partial charge is 0.385 e. The van der Waals surface area contributed by atoms with Gasteiger partial charge in [0.25, 0.3) is 5.91 Å². The molecule has 8 nitrogen and oxygen atoms in total. The van der Waals surface area contributed by atoms with Gasteiger partial charge in [-0.3, -0.25) is 24.7 Å². The summed E-state index contributed by atoms with van der Waals surface area (Å²) in [7, 11) is 3.29. The van der Waals surface area contributed by atoms with Gasteiger partial charge in [-0.05, 0) is 30.8 Å². The van der Waals surface area contributed by atoms with Gasteiger partial charge in [0.2, 0.25) is 5.43 Å². The van der Waals surface area contributed by atoms with Gasteiger partial charge in [0.05, 0.1) is 11.7 Å². The molecule has 25 heavy (non-hydrogen) atoms. The number of thiocarbonyl (C=S) groups is 1. The number of nitrogens with zero attached hydrogens (tertiary/aromatic N) is 3. The predicted octanol–water partition coefficient (Wildman–Crippen LogP) is 0.271. The second-order valence-electron chi connectivity index (χ2n) is 5.36. The topological polar surface area (TPSA) is 88.5 Å². The maximum atomic E-state index is 12.2. The molecule has 0 radical (unpaired) electrons. The molecule has 1 heterocycles. The first-order chi connectivity index (χ1) is 12.0. The normalized spacial score (nSPS) is 10.5. The van der Waals surface area contributed by atoms with Gasteiger partial charge in [-0.25, -0.2) is 0 Å². The molecule has 2 rings (SSSR count). The van der Waals surface area contributed by atoms with Gasteiger partial charge in [-0.2, -0.15) is 5.10 Å². The van der Waals surface area contributed by atoms with E-state index in [4.69, 9.17) is 17.0 Å². The van der Waals surface area contributed by atoms with Crippen molar-refractivity contribution in [1.82, 2.24) is 25.5 Å². The van der Waals surface area contributed by atoms with Gasteiger partial charge in [-0.15, -0.1) is 0 Å². The molecular formula is C16H21N5O3S. The summed E-state index contributed by atoms with van der Waals surface area (Å²) in [6.45, 7) is 1.26. The summed E-state index contributed by atoms with van der Waals surface area (Å²) in [4.78, 5) is 24.0. The van der Waals surface area contributed by atoms with Gasteiger partial charge < -0.3 is 10.1 Å². The average molecular weight is 363 g/mol. The lowest BCUT2D eigenvalue weighted by Gasteiger charge is -2.22. The molecule has 2 N–H and O–H groups in total. The van der Waals surface area contributed by atoms with E-state index in [1.165, 1.54) is 15.9 Å². The van der Waals surface area contributed by atoms with E-state index in [0.717, 1.165) is 6.42 Å². The second kappa shape index (κ2) is 9.09. The van der Waals surface area contributed by atoms with Crippen molar-refractivity contribution < 1.29 is 9.53 Å². The Morgan fingerprint density at radius 3 is 2.92 bits per heavy atom.